The van der Waals surface area contributed by atoms with Crippen LogP contribution < -0.4 is 5.32 Å². The van der Waals surface area contributed by atoms with Gasteiger partial charge >= 0.3 is 0 Å². The quantitative estimate of drug-likeness (QED) is 0.915. The number of benzene rings is 1. The van der Waals surface area contributed by atoms with Crippen molar-refractivity contribution in [3.8, 4) is 0 Å². The van der Waals surface area contributed by atoms with Crippen molar-refractivity contribution >= 4 is 5.91 Å². The van der Waals surface area contributed by atoms with E-state index in [4.69, 9.17) is 0 Å². The largest absolute Gasteiger partial charge is 0.340 e. The van der Waals surface area contributed by atoms with Crippen LogP contribution >= 0.6 is 0 Å². The predicted octanol–water partition coefficient (Wildman–Crippen LogP) is 2.56. The van der Waals surface area contributed by atoms with Crippen LogP contribution in [0, 0.1) is 12.8 Å². The number of carbonyl (C=O) groups is 1. The number of aryl methyl sites for hydroxylation is 1. The van der Waals surface area contributed by atoms with Gasteiger partial charge in [-0.2, -0.15) is 0 Å². The number of piperazine rings is 1. The summed E-state index contributed by atoms with van der Waals surface area (Å²) < 4.78 is 0. The average Bonchev–Trinajstić information content (AvgIpc) is 2.46. The SMILES string of the molecule is Cc1ccc(C(CC(=O)N2CCNCC2)C(C)C)cc1. The Hall–Kier alpha value is -1.35. The highest BCUT2D eigenvalue weighted by Gasteiger charge is 2.23. The molecule has 1 heterocycles. The number of nitrogens with one attached hydrogen (secondary N) is 1. The molecule has 1 aliphatic rings. The first-order valence-corrected chi connectivity index (χ1v) is 7.63. The van der Waals surface area contributed by atoms with Crippen LogP contribution in [0.4, 0.5) is 0 Å². The van der Waals surface area contributed by atoms with Crippen molar-refractivity contribution in [1.29, 1.82) is 0 Å². The van der Waals surface area contributed by atoms with E-state index in [-0.39, 0.29) is 0 Å². The number of carbonyl (C=O) groups excluding carboxylic acids is 1. The van der Waals surface area contributed by atoms with Gasteiger partial charge in [0.2, 0.25) is 5.91 Å². The zero-order valence-electron chi connectivity index (χ0n) is 12.9. The molecular formula is C17H26N2O. The van der Waals surface area contributed by atoms with Crippen LogP contribution in [0.25, 0.3) is 0 Å². The zero-order chi connectivity index (χ0) is 14.5. The van der Waals surface area contributed by atoms with Gasteiger partial charge < -0.3 is 10.2 Å². The van der Waals surface area contributed by atoms with Crippen LogP contribution in [-0.2, 0) is 4.79 Å². The first kappa shape index (κ1) is 15.0. The van der Waals surface area contributed by atoms with E-state index < -0.39 is 0 Å². The molecule has 1 aliphatic heterocycles. The highest BCUT2D eigenvalue weighted by atomic mass is 16.2. The van der Waals surface area contributed by atoms with Gasteiger partial charge in [0.15, 0.2) is 0 Å². The monoisotopic (exact) mass is 274 g/mol. The van der Waals surface area contributed by atoms with E-state index in [0.717, 1.165) is 26.2 Å². The van der Waals surface area contributed by atoms with Gasteiger partial charge in [0, 0.05) is 32.6 Å². The predicted molar refractivity (Wildman–Crippen MR) is 82.8 cm³/mol. The van der Waals surface area contributed by atoms with Gasteiger partial charge in [-0.25, -0.2) is 0 Å². The minimum atomic E-state index is 0.297. The molecule has 0 aliphatic carbocycles. The fraction of sp³-hybridized carbons (Fsp3) is 0.588. The van der Waals surface area contributed by atoms with Gasteiger partial charge in [0.1, 0.15) is 0 Å². The minimum Gasteiger partial charge on any atom is -0.340 e. The first-order valence-electron chi connectivity index (χ1n) is 7.63. The summed E-state index contributed by atoms with van der Waals surface area (Å²) >= 11 is 0. The molecule has 1 aromatic carbocycles. The van der Waals surface area contributed by atoms with Gasteiger partial charge in [-0.3, -0.25) is 4.79 Å². The molecule has 1 atom stereocenters. The van der Waals surface area contributed by atoms with Crippen molar-refractivity contribution in [2.45, 2.75) is 33.1 Å². The maximum Gasteiger partial charge on any atom is 0.223 e. The third-order valence-corrected chi connectivity index (χ3v) is 4.17. The molecule has 3 heteroatoms. The van der Waals surface area contributed by atoms with E-state index in [1.165, 1.54) is 11.1 Å². The molecule has 1 unspecified atom stereocenters. The lowest BCUT2D eigenvalue weighted by molar-refractivity contribution is -0.132. The van der Waals surface area contributed by atoms with E-state index in [1.807, 2.05) is 4.90 Å². The van der Waals surface area contributed by atoms with Crippen molar-refractivity contribution in [3.63, 3.8) is 0 Å². The zero-order valence-corrected chi connectivity index (χ0v) is 12.9. The molecule has 2 rings (SSSR count). The van der Waals surface area contributed by atoms with Gasteiger partial charge in [-0.15, -0.1) is 0 Å². The Labute approximate surface area is 122 Å². The normalized spacial score (nSPS) is 17.3. The van der Waals surface area contributed by atoms with Crippen LogP contribution in [0.1, 0.15) is 37.3 Å². The molecule has 0 saturated carbocycles. The molecule has 1 N–H and O–H groups in total. The topological polar surface area (TPSA) is 32.3 Å². The van der Waals surface area contributed by atoms with Crippen LogP contribution in [-0.4, -0.2) is 37.0 Å². The fourth-order valence-electron chi connectivity index (χ4n) is 2.78. The average molecular weight is 274 g/mol. The van der Waals surface area contributed by atoms with Crippen molar-refractivity contribution < 1.29 is 4.79 Å². The van der Waals surface area contributed by atoms with Gasteiger partial charge in [-0.1, -0.05) is 43.7 Å². The summed E-state index contributed by atoms with van der Waals surface area (Å²) in [6, 6.07) is 8.62. The van der Waals surface area contributed by atoms with E-state index in [9.17, 15) is 4.79 Å². The molecule has 1 saturated heterocycles. The Kier molecular flexibility index (Phi) is 5.18. The van der Waals surface area contributed by atoms with E-state index in [2.05, 4.69) is 50.4 Å². The summed E-state index contributed by atoms with van der Waals surface area (Å²) in [7, 11) is 0. The van der Waals surface area contributed by atoms with Crippen LogP contribution in [0.2, 0.25) is 0 Å². The Balaban J connectivity index is 2.05. The fourth-order valence-corrected chi connectivity index (χ4v) is 2.78. The summed E-state index contributed by atoms with van der Waals surface area (Å²) in [5, 5.41) is 3.29. The lowest BCUT2D eigenvalue weighted by Gasteiger charge is -2.30. The van der Waals surface area contributed by atoms with E-state index >= 15 is 0 Å². The van der Waals surface area contributed by atoms with Crippen LogP contribution in [0.5, 0.6) is 0 Å². The van der Waals surface area contributed by atoms with Crippen molar-refractivity contribution in [3.05, 3.63) is 35.4 Å². The molecule has 0 aromatic heterocycles. The number of amides is 1. The maximum absolute atomic E-state index is 12.5. The molecule has 1 fully saturated rings. The molecule has 0 bridgehead atoms. The van der Waals surface area contributed by atoms with Crippen molar-refractivity contribution in [2.75, 3.05) is 26.2 Å². The highest BCUT2D eigenvalue weighted by molar-refractivity contribution is 5.77. The Morgan fingerprint density at radius 1 is 1.20 bits per heavy atom. The van der Waals surface area contributed by atoms with Crippen molar-refractivity contribution in [2.24, 2.45) is 5.92 Å². The van der Waals surface area contributed by atoms with Crippen LogP contribution in [0.3, 0.4) is 0 Å². The standard InChI is InChI=1S/C17H26N2O/c1-13(2)16(15-6-4-14(3)5-7-15)12-17(20)19-10-8-18-9-11-19/h4-7,13,16,18H,8-12H2,1-3H3. The van der Waals surface area contributed by atoms with Crippen LogP contribution in [0.15, 0.2) is 24.3 Å². The second kappa shape index (κ2) is 6.89. The molecular weight excluding hydrogens is 248 g/mol. The Morgan fingerprint density at radius 2 is 1.80 bits per heavy atom. The lowest BCUT2D eigenvalue weighted by atomic mass is 9.85. The number of nitrogens with zero attached hydrogens (tertiary/aromatic N) is 1. The number of rotatable bonds is 4. The molecule has 1 amide bonds. The molecule has 0 radical (unpaired) electrons. The molecule has 110 valence electrons. The van der Waals surface area contributed by atoms with Gasteiger partial charge in [0.05, 0.1) is 0 Å². The summed E-state index contributed by atoms with van der Waals surface area (Å²) in [5.41, 5.74) is 2.55. The van der Waals surface area contributed by atoms with Gasteiger partial charge in [-0.05, 0) is 24.3 Å². The maximum atomic E-state index is 12.5. The number of hydrogen-bond donors (Lipinski definition) is 1. The van der Waals surface area contributed by atoms with Crippen molar-refractivity contribution in [1.82, 2.24) is 10.2 Å². The number of hydrogen-bond acceptors (Lipinski definition) is 2. The summed E-state index contributed by atoms with van der Waals surface area (Å²) in [6.07, 6.45) is 0.626. The Bertz CT molecular complexity index is 433. The third-order valence-electron chi connectivity index (χ3n) is 4.17. The summed E-state index contributed by atoms with van der Waals surface area (Å²) in [6.45, 7) is 10.0. The third kappa shape index (κ3) is 3.83. The molecule has 3 nitrogen and oxygen atoms in total. The molecule has 1 aromatic rings. The van der Waals surface area contributed by atoms with E-state index in [0.29, 0.717) is 24.2 Å². The molecule has 0 spiro atoms. The lowest BCUT2D eigenvalue weighted by Crippen LogP contribution is -2.46. The Morgan fingerprint density at radius 3 is 2.35 bits per heavy atom. The smallest absolute Gasteiger partial charge is 0.223 e. The minimum absolute atomic E-state index is 0.297. The second-order valence-electron chi connectivity index (χ2n) is 6.10. The second-order valence-corrected chi connectivity index (χ2v) is 6.10. The molecule has 20 heavy (non-hydrogen) atoms. The van der Waals surface area contributed by atoms with E-state index in [1.54, 1.807) is 0 Å². The first-order chi connectivity index (χ1) is 9.58. The van der Waals surface area contributed by atoms with Gasteiger partial charge in [0.25, 0.3) is 0 Å². The summed E-state index contributed by atoms with van der Waals surface area (Å²) in [4.78, 5) is 14.5. The summed E-state index contributed by atoms with van der Waals surface area (Å²) in [5.74, 6) is 1.09. The highest BCUT2D eigenvalue weighted by Crippen LogP contribution is 2.28.